The molecular weight excluding hydrogens is 322 g/mol. The second-order valence-electron chi connectivity index (χ2n) is 4.52. The molecule has 0 aliphatic heterocycles. The van der Waals surface area contributed by atoms with Gasteiger partial charge in [0.25, 0.3) is 5.91 Å². The molecule has 1 aromatic heterocycles. The van der Waals surface area contributed by atoms with Crippen LogP contribution in [0.1, 0.15) is 33.1 Å². The van der Waals surface area contributed by atoms with Gasteiger partial charge in [0.15, 0.2) is 0 Å². The van der Waals surface area contributed by atoms with Gasteiger partial charge in [-0.05, 0) is 54.0 Å². The van der Waals surface area contributed by atoms with Crippen molar-refractivity contribution in [1.82, 2.24) is 4.90 Å². The Labute approximate surface area is 126 Å². The molecule has 2 aromatic rings. The fraction of sp³-hybridized carbons (Fsp3) is 0.267. The molecule has 100 valence electrons. The highest BCUT2D eigenvalue weighted by Crippen LogP contribution is 2.28. The molecule has 0 N–H and O–H groups in total. The van der Waals surface area contributed by atoms with Gasteiger partial charge in [0.1, 0.15) is 0 Å². The van der Waals surface area contributed by atoms with Crippen molar-refractivity contribution in [3.8, 4) is 0 Å². The van der Waals surface area contributed by atoms with Gasteiger partial charge in [-0.25, -0.2) is 0 Å². The van der Waals surface area contributed by atoms with Crippen molar-refractivity contribution in [2.45, 2.75) is 19.9 Å². The highest BCUT2D eigenvalue weighted by molar-refractivity contribution is 9.10. The van der Waals surface area contributed by atoms with Crippen LogP contribution in [-0.4, -0.2) is 17.9 Å². The summed E-state index contributed by atoms with van der Waals surface area (Å²) >= 11 is 5.17. The van der Waals surface area contributed by atoms with E-state index in [1.165, 1.54) is 9.75 Å². The van der Waals surface area contributed by atoms with Gasteiger partial charge in [-0.2, -0.15) is 0 Å². The fourth-order valence-electron chi connectivity index (χ4n) is 1.87. The summed E-state index contributed by atoms with van der Waals surface area (Å²) in [6.07, 6.45) is 0. The molecule has 0 saturated carbocycles. The number of benzene rings is 1. The third-order valence-corrected chi connectivity index (χ3v) is 5.04. The smallest absolute Gasteiger partial charge is 0.255 e. The molecule has 0 bridgehead atoms. The first-order valence-electron chi connectivity index (χ1n) is 6.08. The van der Waals surface area contributed by atoms with Crippen LogP contribution in [-0.2, 0) is 0 Å². The number of halogens is 1. The molecule has 19 heavy (non-hydrogen) atoms. The van der Waals surface area contributed by atoms with Crippen molar-refractivity contribution in [1.29, 1.82) is 0 Å². The predicted molar refractivity (Wildman–Crippen MR) is 83.7 cm³/mol. The molecule has 0 aliphatic rings. The number of amides is 1. The van der Waals surface area contributed by atoms with Crippen LogP contribution in [0.3, 0.4) is 0 Å². The third kappa shape index (κ3) is 3.07. The molecule has 2 rings (SSSR count). The summed E-state index contributed by atoms with van der Waals surface area (Å²) in [6.45, 7) is 4.14. The molecule has 2 nitrogen and oxygen atoms in total. The number of thiophene rings is 1. The summed E-state index contributed by atoms with van der Waals surface area (Å²) in [4.78, 5) is 16.7. The van der Waals surface area contributed by atoms with Crippen LogP contribution >= 0.6 is 27.3 Å². The Kier molecular flexibility index (Phi) is 4.42. The Morgan fingerprint density at radius 3 is 2.53 bits per heavy atom. The zero-order valence-corrected chi connectivity index (χ0v) is 13.6. The molecule has 1 amide bonds. The normalized spacial score (nSPS) is 12.2. The summed E-state index contributed by atoms with van der Waals surface area (Å²) in [6, 6.07) is 11.8. The lowest BCUT2D eigenvalue weighted by Crippen LogP contribution is -2.29. The van der Waals surface area contributed by atoms with Gasteiger partial charge < -0.3 is 4.90 Å². The average Bonchev–Trinajstić information content (AvgIpc) is 2.83. The monoisotopic (exact) mass is 337 g/mol. The minimum Gasteiger partial charge on any atom is -0.334 e. The van der Waals surface area contributed by atoms with Crippen molar-refractivity contribution in [2.75, 3.05) is 7.05 Å². The van der Waals surface area contributed by atoms with E-state index in [1.54, 1.807) is 16.2 Å². The van der Waals surface area contributed by atoms with Crippen molar-refractivity contribution >= 4 is 33.2 Å². The van der Waals surface area contributed by atoms with Crippen LogP contribution in [0.5, 0.6) is 0 Å². The van der Waals surface area contributed by atoms with Gasteiger partial charge in [0.05, 0.1) is 11.6 Å². The van der Waals surface area contributed by atoms with Gasteiger partial charge >= 0.3 is 0 Å². The molecule has 1 heterocycles. The largest absolute Gasteiger partial charge is 0.334 e. The number of carbonyl (C=O) groups excluding carboxylic acids is 1. The van der Waals surface area contributed by atoms with Gasteiger partial charge in [-0.15, -0.1) is 11.3 Å². The first kappa shape index (κ1) is 14.3. The van der Waals surface area contributed by atoms with Crippen LogP contribution in [0.15, 0.2) is 40.9 Å². The van der Waals surface area contributed by atoms with Crippen molar-refractivity contribution < 1.29 is 4.79 Å². The fourth-order valence-corrected chi connectivity index (χ4v) is 3.30. The van der Waals surface area contributed by atoms with E-state index >= 15 is 0 Å². The van der Waals surface area contributed by atoms with Crippen LogP contribution in [0.4, 0.5) is 0 Å². The molecule has 0 spiro atoms. The number of rotatable bonds is 3. The zero-order valence-electron chi connectivity index (χ0n) is 11.2. The van der Waals surface area contributed by atoms with E-state index in [0.717, 1.165) is 4.47 Å². The summed E-state index contributed by atoms with van der Waals surface area (Å²) in [5, 5.41) is 0. The van der Waals surface area contributed by atoms with E-state index in [9.17, 15) is 4.79 Å². The predicted octanol–water partition coefficient (Wildman–Crippen LogP) is 4.65. The summed E-state index contributed by atoms with van der Waals surface area (Å²) < 4.78 is 0.835. The third-order valence-electron chi connectivity index (χ3n) is 3.18. The number of hydrogen-bond acceptors (Lipinski definition) is 2. The quantitative estimate of drug-likeness (QED) is 0.798. The van der Waals surface area contributed by atoms with Crippen molar-refractivity contribution in [3.05, 3.63) is 56.2 Å². The Morgan fingerprint density at radius 2 is 1.95 bits per heavy atom. The lowest BCUT2D eigenvalue weighted by molar-refractivity contribution is 0.0744. The number of aryl methyl sites for hydroxylation is 1. The van der Waals surface area contributed by atoms with Gasteiger partial charge in [-0.1, -0.05) is 12.1 Å². The maximum atomic E-state index is 12.5. The van der Waals surface area contributed by atoms with E-state index in [0.29, 0.717) is 5.56 Å². The van der Waals surface area contributed by atoms with Gasteiger partial charge in [0, 0.05) is 21.3 Å². The van der Waals surface area contributed by atoms with Crippen LogP contribution in [0.25, 0.3) is 0 Å². The molecule has 0 fully saturated rings. The maximum Gasteiger partial charge on any atom is 0.255 e. The standard InChI is InChI=1S/C15H16BrNOS/c1-10-8-9-14(19-10)11(2)17(3)15(18)12-6-4-5-7-13(12)16/h4-9,11H,1-3H3. The maximum absolute atomic E-state index is 12.5. The highest BCUT2D eigenvalue weighted by atomic mass is 79.9. The van der Waals surface area contributed by atoms with E-state index in [-0.39, 0.29) is 11.9 Å². The summed E-state index contributed by atoms with van der Waals surface area (Å²) in [5.74, 6) is 0.0334. The molecule has 0 aliphatic carbocycles. The van der Waals surface area contributed by atoms with Crippen LogP contribution in [0, 0.1) is 6.92 Å². The Bertz CT molecular complexity index is 593. The SMILES string of the molecule is Cc1ccc(C(C)N(C)C(=O)c2ccccc2Br)s1. The van der Waals surface area contributed by atoms with Gasteiger partial charge in [0.2, 0.25) is 0 Å². The molecule has 1 aromatic carbocycles. The first-order chi connectivity index (χ1) is 9.00. The minimum atomic E-state index is 0.0334. The van der Waals surface area contributed by atoms with E-state index < -0.39 is 0 Å². The molecule has 0 saturated heterocycles. The molecule has 1 unspecified atom stereocenters. The number of nitrogens with zero attached hydrogens (tertiary/aromatic N) is 1. The Balaban J connectivity index is 2.22. The molecule has 0 radical (unpaired) electrons. The van der Waals surface area contributed by atoms with Crippen LogP contribution in [0.2, 0.25) is 0 Å². The van der Waals surface area contributed by atoms with Crippen LogP contribution < -0.4 is 0 Å². The summed E-state index contributed by atoms with van der Waals surface area (Å²) in [5.41, 5.74) is 0.699. The van der Waals surface area contributed by atoms with E-state index in [4.69, 9.17) is 0 Å². The van der Waals surface area contributed by atoms with Crippen molar-refractivity contribution in [3.63, 3.8) is 0 Å². The Hall–Kier alpha value is -1.13. The number of carbonyl (C=O) groups is 1. The first-order valence-corrected chi connectivity index (χ1v) is 7.69. The second kappa shape index (κ2) is 5.88. The zero-order chi connectivity index (χ0) is 14.0. The van der Waals surface area contributed by atoms with E-state index in [2.05, 4.69) is 41.9 Å². The molecule has 1 atom stereocenters. The molecular formula is C15H16BrNOS. The molecule has 4 heteroatoms. The minimum absolute atomic E-state index is 0.0334. The highest BCUT2D eigenvalue weighted by Gasteiger charge is 2.21. The van der Waals surface area contributed by atoms with Crippen molar-refractivity contribution in [2.24, 2.45) is 0 Å². The lowest BCUT2D eigenvalue weighted by atomic mass is 10.1. The summed E-state index contributed by atoms with van der Waals surface area (Å²) in [7, 11) is 1.85. The van der Waals surface area contributed by atoms with Gasteiger partial charge in [-0.3, -0.25) is 4.79 Å². The van der Waals surface area contributed by atoms with E-state index in [1.807, 2.05) is 31.3 Å². The topological polar surface area (TPSA) is 20.3 Å². The second-order valence-corrected chi connectivity index (χ2v) is 6.69. The number of hydrogen-bond donors (Lipinski definition) is 0. The lowest BCUT2D eigenvalue weighted by Gasteiger charge is -2.24. The average molecular weight is 338 g/mol. The Morgan fingerprint density at radius 1 is 1.26 bits per heavy atom.